The molecule has 0 saturated heterocycles. The van der Waals surface area contributed by atoms with Crippen molar-refractivity contribution in [3.63, 3.8) is 0 Å². The molecule has 1 atom stereocenters. The maximum absolute atomic E-state index is 12.4. The summed E-state index contributed by atoms with van der Waals surface area (Å²) in [6.45, 7) is 2.38. The zero-order valence-corrected chi connectivity index (χ0v) is 12.4. The Bertz CT molecular complexity index is 541. The van der Waals surface area contributed by atoms with Crippen LogP contribution in [0.25, 0.3) is 0 Å². The third kappa shape index (κ3) is 5.29. The van der Waals surface area contributed by atoms with Gasteiger partial charge in [-0.05, 0) is 37.6 Å². The summed E-state index contributed by atoms with van der Waals surface area (Å²) in [5.74, 6) is -0.222. The van der Waals surface area contributed by atoms with Crippen LogP contribution in [0.5, 0.6) is 0 Å². The normalized spacial score (nSPS) is 14.1. The lowest BCUT2D eigenvalue weighted by Crippen LogP contribution is -2.26. The first kappa shape index (κ1) is 17.9. The van der Waals surface area contributed by atoms with E-state index in [2.05, 4.69) is 0 Å². The molecule has 1 unspecified atom stereocenters. The molecule has 0 spiro atoms. The Hall–Kier alpha value is -1.12. The molecule has 4 nitrogen and oxygen atoms in total. The Balaban J connectivity index is 2.79. The van der Waals surface area contributed by atoms with Crippen LogP contribution in [0.2, 0.25) is 0 Å². The van der Waals surface area contributed by atoms with Gasteiger partial charge in [-0.2, -0.15) is 13.2 Å². The van der Waals surface area contributed by atoms with Crippen molar-refractivity contribution in [1.82, 2.24) is 0 Å². The fourth-order valence-corrected chi connectivity index (χ4v) is 3.12. The number of nitrogens with two attached hydrogens (primary N) is 1. The van der Waals surface area contributed by atoms with Gasteiger partial charge in [0.25, 0.3) is 0 Å². The van der Waals surface area contributed by atoms with Crippen LogP contribution in [-0.4, -0.2) is 33.4 Å². The highest BCUT2D eigenvalue weighted by Crippen LogP contribution is 2.29. The molecule has 0 fully saturated rings. The first-order chi connectivity index (χ1) is 9.70. The highest BCUT2D eigenvalue weighted by atomic mass is 32.2. The van der Waals surface area contributed by atoms with Gasteiger partial charge < -0.3 is 10.5 Å². The van der Waals surface area contributed by atoms with Gasteiger partial charge >= 0.3 is 6.18 Å². The van der Waals surface area contributed by atoms with E-state index in [0.717, 1.165) is 24.3 Å². The Morgan fingerprint density at radius 2 is 1.81 bits per heavy atom. The van der Waals surface area contributed by atoms with Crippen molar-refractivity contribution >= 4 is 9.84 Å². The van der Waals surface area contributed by atoms with E-state index >= 15 is 0 Å². The van der Waals surface area contributed by atoms with Crippen LogP contribution in [0.4, 0.5) is 13.2 Å². The summed E-state index contributed by atoms with van der Waals surface area (Å²) in [7, 11) is -3.65. The van der Waals surface area contributed by atoms with E-state index in [-0.39, 0.29) is 29.7 Å². The number of alkyl halides is 3. The predicted octanol–water partition coefficient (Wildman–Crippen LogP) is 2.23. The molecule has 0 aliphatic rings. The number of ether oxygens (including phenoxy) is 1. The summed E-state index contributed by atoms with van der Waals surface area (Å²) in [6.07, 6.45) is -4.66. The van der Waals surface area contributed by atoms with Crippen molar-refractivity contribution < 1.29 is 26.3 Å². The van der Waals surface area contributed by atoms with Gasteiger partial charge in [-0.3, -0.25) is 0 Å². The van der Waals surface area contributed by atoms with E-state index in [0.29, 0.717) is 6.61 Å². The van der Waals surface area contributed by atoms with E-state index in [1.54, 1.807) is 6.92 Å². The van der Waals surface area contributed by atoms with Crippen molar-refractivity contribution in [3.05, 3.63) is 29.8 Å². The standard InChI is InChI=1S/C13H18F3NO3S/c1-2-20-11(9-17)7-8-21(18,19)12-5-3-10(4-6-12)13(14,15)16/h3-6,11H,2,7-9,17H2,1H3. The fourth-order valence-electron chi connectivity index (χ4n) is 1.76. The SMILES string of the molecule is CCOC(CN)CCS(=O)(=O)c1ccc(C(F)(F)F)cc1. The molecule has 0 aliphatic heterocycles. The minimum absolute atomic E-state index is 0.136. The molecule has 120 valence electrons. The quantitative estimate of drug-likeness (QED) is 0.835. The van der Waals surface area contributed by atoms with Gasteiger partial charge in [-0.15, -0.1) is 0 Å². The van der Waals surface area contributed by atoms with Gasteiger partial charge in [0.2, 0.25) is 0 Å². The molecular weight excluding hydrogens is 307 g/mol. The molecular formula is C13H18F3NO3S. The van der Waals surface area contributed by atoms with Crippen molar-refractivity contribution in [2.24, 2.45) is 5.73 Å². The highest BCUT2D eigenvalue weighted by Gasteiger charge is 2.30. The van der Waals surface area contributed by atoms with Crippen LogP contribution in [0, 0.1) is 0 Å². The topological polar surface area (TPSA) is 69.4 Å². The van der Waals surface area contributed by atoms with Crippen LogP contribution in [0.3, 0.4) is 0 Å². The van der Waals surface area contributed by atoms with Crippen LogP contribution < -0.4 is 5.73 Å². The first-order valence-corrected chi connectivity index (χ1v) is 8.07. The monoisotopic (exact) mass is 325 g/mol. The van der Waals surface area contributed by atoms with Gasteiger partial charge in [0.05, 0.1) is 22.3 Å². The fraction of sp³-hybridized carbons (Fsp3) is 0.538. The molecule has 0 heterocycles. The maximum Gasteiger partial charge on any atom is 0.416 e. The third-order valence-corrected chi connectivity index (χ3v) is 4.68. The lowest BCUT2D eigenvalue weighted by atomic mass is 10.2. The lowest BCUT2D eigenvalue weighted by molar-refractivity contribution is -0.137. The minimum Gasteiger partial charge on any atom is -0.377 e. The third-order valence-electron chi connectivity index (χ3n) is 2.91. The van der Waals surface area contributed by atoms with Crippen molar-refractivity contribution in [2.75, 3.05) is 18.9 Å². The van der Waals surface area contributed by atoms with Crippen LogP contribution in [0.1, 0.15) is 18.9 Å². The molecule has 8 heteroatoms. The molecule has 0 radical (unpaired) electrons. The number of halogens is 3. The van der Waals surface area contributed by atoms with E-state index in [9.17, 15) is 21.6 Å². The van der Waals surface area contributed by atoms with Crippen LogP contribution >= 0.6 is 0 Å². The van der Waals surface area contributed by atoms with E-state index in [1.807, 2.05) is 0 Å². The Kier molecular flexibility index (Phi) is 6.18. The Labute approximate surface area is 122 Å². The molecule has 0 saturated carbocycles. The molecule has 1 aromatic carbocycles. The molecule has 0 bridgehead atoms. The van der Waals surface area contributed by atoms with Crippen molar-refractivity contribution in [2.45, 2.75) is 30.5 Å². The summed E-state index contributed by atoms with van der Waals surface area (Å²) in [5, 5.41) is 0. The van der Waals surface area contributed by atoms with Crippen LogP contribution in [-0.2, 0) is 20.8 Å². The number of benzene rings is 1. The largest absolute Gasteiger partial charge is 0.416 e. The molecule has 1 rings (SSSR count). The first-order valence-electron chi connectivity index (χ1n) is 6.42. The average Bonchev–Trinajstić information content (AvgIpc) is 2.42. The van der Waals surface area contributed by atoms with E-state index in [1.165, 1.54) is 0 Å². The minimum atomic E-state index is -4.48. The van der Waals surface area contributed by atoms with Gasteiger partial charge in [0.15, 0.2) is 9.84 Å². The average molecular weight is 325 g/mol. The summed E-state index contributed by atoms with van der Waals surface area (Å²) >= 11 is 0. The van der Waals surface area contributed by atoms with Crippen molar-refractivity contribution in [1.29, 1.82) is 0 Å². The number of sulfone groups is 1. The Morgan fingerprint density at radius 1 is 1.24 bits per heavy atom. The second-order valence-electron chi connectivity index (χ2n) is 4.44. The number of hydrogen-bond acceptors (Lipinski definition) is 4. The second kappa shape index (κ2) is 7.24. The van der Waals surface area contributed by atoms with Gasteiger partial charge in [0.1, 0.15) is 0 Å². The molecule has 1 aromatic rings. The van der Waals surface area contributed by atoms with Crippen LogP contribution in [0.15, 0.2) is 29.2 Å². The molecule has 2 N–H and O–H groups in total. The molecule has 21 heavy (non-hydrogen) atoms. The lowest BCUT2D eigenvalue weighted by Gasteiger charge is -2.14. The molecule has 0 aliphatic carbocycles. The van der Waals surface area contributed by atoms with E-state index in [4.69, 9.17) is 10.5 Å². The van der Waals surface area contributed by atoms with E-state index < -0.39 is 21.6 Å². The number of rotatable bonds is 7. The molecule has 0 amide bonds. The summed E-state index contributed by atoms with van der Waals surface area (Å²) in [4.78, 5) is -0.136. The predicted molar refractivity (Wildman–Crippen MR) is 72.6 cm³/mol. The summed E-state index contributed by atoms with van der Waals surface area (Å²) in [5.41, 5.74) is 4.57. The maximum atomic E-state index is 12.4. The Morgan fingerprint density at radius 3 is 2.24 bits per heavy atom. The van der Waals surface area contributed by atoms with Crippen molar-refractivity contribution in [3.8, 4) is 0 Å². The zero-order chi connectivity index (χ0) is 16.1. The summed E-state index contributed by atoms with van der Waals surface area (Å²) < 4.78 is 66.6. The molecule has 0 aromatic heterocycles. The zero-order valence-electron chi connectivity index (χ0n) is 11.6. The highest BCUT2D eigenvalue weighted by molar-refractivity contribution is 7.91. The second-order valence-corrected chi connectivity index (χ2v) is 6.55. The summed E-state index contributed by atoms with van der Waals surface area (Å²) in [6, 6.07) is 3.46. The van der Waals surface area contributed by atoms with Gasteiger partial charge in [-0.1, -0.05) is 0 Å². The smallest absolute Gasteiger partial charge is 0.377 e. The van der Waals surface area contributed by atoms with Gasteiger partial charge in [0, 0.05) is 13.2 Å². The number of hydrogen-bond donors (Lipinski definition) is 1. The van der Waals surface area contributed by atoms with Gasteiger partial charge in [-0.25, -0.2) is 8.42 Å².